The Morgan fingerprint density at radius 3 is 2.35 bits per heavy atom. The molecule has 0 aliphatic rings. The number of alkyl halides is 1. The number of hydrogen-bond acceptors (Lipinski definition) is 2. The molecule has 0 saturated heterocycles. The molecule has 0 spiro atoms. The maximum Gasteiger partial charge on any atom is 0.189 e. The topological polar surface area (TPSA) is 26.3 Å². The van der Waals surface area contributed by atoms with E-state index in [1.54, 1.807) is 0 Å². The first-order chi connectivity index (χ1) is 7.80. The SMILES string of the molecule is Cc1ccc(S(=O)OC(C)(C)CC(C)Br)cc1. The van der Waals surface area contributed by atoms with Crippen LogP contribution in [-0.4, -0.2) is 14.6 Å². The molecule has 2 unspecified atom stereocenters. The van der Waals surface area contributed by atoms with Crippen LogP contribution in [0.3, 0.4) is 0 Å². The first kappa shape index (κ1) is 14.9. The number of aryl methyl sites for hydroxylation is 1. The minimum absolute atomic E-state index is 0.340. The van der Waals surface area contributed by atoms with Crippen LogP contribution in [0.5, 0.6) is 0 Å². The molecule has 0 fully saturated rings. The van der Waals surface area contributed by atoms with E-state index in [0.29, 0.717) is 9.72 Å². The van der Waals surface area contributed by atoms with Crippen LogP contribution < -0.4 is 0 Å². The van der Waals surface area contributed by atoms with Gasteiger partial charge in [-0.2, -0.15) is 0 Å². The predicted octanol–water partition coefficient (Wildman–Crippen LogP) is 3.99. The fourth-order valence-corrected chi connectivity index (χ4v) is 3.33. The van der Waals surface area contributed by atoms with Gasteiger partial charge in [-0.15, -0.1) is 0 Å². The van der Waals surface area contributed by atoms with E-state index < -0.39 is 16.7 Å². The van der Waals surface area contributed by atoms with E-state index in [1.807, 2.05) is 45.0 Å². The van der Waals surface area contributed by atoms with Gasteiger partial charge in [-0.3, -0.25) is 4.18 Å². The van der Waals surface area contributed by atoms with Crippen LogP contribution in [0.15, 0.2) is 29.2 Å². The van der Waals surface area contributed by atoms with E-state index in [0.717, 1.165) is 12.0 Å². The summed E-state index contributed by atoms with van der Waals surface area (Å²) >= 11 is 2.09. The standard InChI is InChI=1S/C13H19BrO2S/c1-10-5-7-12(8-6-10)17(15)16-13(3,4)9-11(2)14/h5-8,11H,9H2,1-4H3. The number of halogens is 1. The second-order valence-corrected chi connectivity index (χ2v) is 7.55. The van der Waals surface area contributed by atoms with Gasteiger partial charge in [0.15, 0.2) is 11.1 Å². The fraction of sp³-hybridized carbons (Fsp3) is 0.538. The van der Waals surface area contributed by atoms with Crippen LogP contribution in [-0.2, 0) is 15.3 Å². The summed E-state index contributed by atoms with van der Waals surface area (Å²) in [5.41, 5.74) is 0.748. The Kier molecular flexibility index (Phi) is 5.35. The Hall–Kier alpha value is -0.190. The van der Waals surface area contributed by atoms with Crippen molar-refractivity contribution in [3.8, 4) is 0 Å². The van der Waals surface area contributed by atoms with E-state index >= 15 is 0 Å². The molecule has 0 aromatic heterocycles. The van der Waals surface area contributed by atoms with Gasteiger partial charge < -0.3 is 0 Å². The van der Waals surface area contributed by atoms with E-state index in [-0.39, 0.29) is 0 Å². The molecule has 2 nitrogen and oxygen atoms in total. The quantitative estimate of drug-likeness (QED) is 0.767. The van der Waals surface area contributed by atoms with Crippen molar-refractivity contribution in [1.29, 1.82) is 0 Å². The molecule has 0 aliphatic heterocycles. The predicted molar refractivity (Wildman–Crippen MR) is 75.8 cm³/mol. The summed E-state index contributed by atoms with van der Waals surface area (Å²) in [6.45, 7) is 7.97. The maximum atomic E-state index is 12.0. The fourth-order valence-electron chi connectivity index (χ4n) is 1.61. The van der Waals surface area contributed by atoms with Crippen LogP contribution in [0.2, 0.25) is 0 Å². The first-order valence-electron chi connectivity index (χ1n) is 5.62. The lowest BCUT2D eigenvalue weighted by Gasteiger charge is -2.25. The second kappa shape index (κ2) is 6.12. The zero-order valence-electron chi connectivity index (χ0n) is 10.7. The normalized spacial score (nSPS) is 15.6. The van der Waals surface area contributed by atoms with Crippen molar-refractivity contribution in [2.24, 2.45) is 0 Å². The largest absolute Gasteiger partial charge is 0.281 e. The molecule has 1 aromatic rings. The highest BCUT2D eigenvalue weighted by Gasteiger charge is 2.24. The highest BCUT2D eigenvalue weighted by atomic mass is 79.9. The molecule has 0 bridgehead atoms. The van der Waals surface area contributed by atoms with Gasteiger partial charge in [0.1, 0.15) is 0 Å². The van der Waals surface area contributed by atoms with Crippen LogP contribution in [0.1, 0.15) is 32.8 Å². The third-order valence-corrected chi connectivity index (χ3v) is 3.87. The van der Waals surface area contributed by atoms with Gasteiger partial charge >= 0.3 is 0 Å². The van der Waals surface area contributed by atoms with Crippen molar-refractivity contribution < 1.29 is 8.39 Å². The summed E-state index contributed by atoms with van der Waals surface area (Å²) in [4.78, 5) is 1.05. The van der Waals surface area contributed by atoms with E-state index in [1.165, 1.54) is 0 Å². The van der Waals surface area contributed by atoms with Crippen molar-refractivity contribution in [2.75, 3.05) is 0 Å². The molecule has 0 N–H and O–H groups in total. The number of rotatable bonds is 5. The van der Waals surface area contributed by atoms with Gasteiger partial charge in [0.25, 0.3) is 0 Å². The lowest BCUT2D eigenvalue weighted by atomic mass is 10.0. The van der Waals surface area contributed by atoms with Crippen molar-refractivity contribution in [1.82, 2.24) is 0 Å². The van der Waals surface area contributed by atoms with Crippen molar-refractivity contribution in [3.05, 3.63) is 29.8 Å². The average Bonchev–Trinajstić information content (AvgIpc) is 2.15. The van der Waals surface area contributed by atoms with Gasteiger partial charge in [0.2, 0.25) is 0 Å². The summed E-state index contributed by atoms with van der Waals surface area (Å²) in [6, 6.07) is 7.57. The van der Waals surface area contributed by atoms with Gasteiger partial charge in [0.05, 0.1) is 10.5 Å². The van der Waals surface area contributed by atoms with Gasteiger partial charge in [0, 0.05) is 4.83 Å². The molecule has 4 heteroatoms. The Bertz CT molecular complexity index is 385. The molecule has 17 heavy (non-hydrogen) atoms. The lowest BCUT2D eigenvalue weighted by Crippen LogP contribution is -2.28. The van der Waals surface area contributed by atoms with Crippen LogP contribution in [0, 0.1) is 6.92 Å². The van der Waals surface area contributed by atoms with E-state index in [4.69, 9.17) is 4.18 Å². The average molecular weight is 319 g/mol. The summed E-state index contributed by atoms with van der Waals surface area (Å²) < 4.78 is 17.6. The first-order valence-corrected chi connectivity index (χ1v) is 7.61. The molecular formula is C13H19BrO2S. The third-order valence-electron chi connectivity index (χ3n) is 2.29. The van der Waals surface area contributed by atoms with Crippen LogP contribution >= 0.6 is 15.9 Å². The minimum Gasteiger partial charge on any atom is -0.281 e. The molecule has 1 rings (SSSR count). The molecular weight excluding hydrogens is 300 g/mol. The molecule has 0 heterocycles. The molecule has 0 radical (unpaired) electrons. The maximum absolute atomic E-state index is 12.0. The van der Waals surface area contributed by atoms with E-state index in [2.05, 4.69) is 22.9 Å². The van der Waals surface area contributed by atoms with Gasteiger partial charge in [-0.05, 0) is 39.3 Å². The van der Waals surface area contributed by atoms with Crippen LogP contribution in [0.4, 0.5) is 0 Å². The summed E-state index contributed by atoms with van der Waals surface area (Å²) in [6.07, 6.45) is 0.810. The van der Waals surface area contributed by atoms with E-state index in [9.17, 15) is 4.21 Å². The number of hydrogen-bond donors (Lipinski definition) is 0. The van der Waals surface area contributed by atoms with Gasteiger partial charge in [-0.25, -0.2) is 4.21 Å². The monoisotopic (exact) mass is 318 g/mol. The van der Waals surface area contributed by atoms with Crippen LogP contribution in [0.25, 0.3) is 0 Å². The molecule has 1 aromatic carbocycles. The highest BCUT2D eigenvalue weighted by Crippen LogP contribution is 2.24. The Morgan fingerprint density at radius 2 is 1.88 bits per heavy atom. The summed E-state index contributed by atoms with van der Waals surface area (Å²) in [7, 11) is 0. The summed E-state index contributed by atoms with van der Waals surface area (Å²) in [5.74, 6) is 0. The highest BCUT2D eigenvalue weighted by molar-refractivity contribution is 9.09. The second-order valence-electron chi connectivity index (χ2n) is 4.88. The third kappa shape index (κ3) is 5.32. The zero-order valence-corrected chi connectivity index (χ0v) is 13.1. The van der Waals surface area contributed by atoms with Crippen molar-refractivity contribution in [2.45, 2.75) is 49.4 Å². The molecule has 2 atom stereocenters. The van der Waals surface area contributed by atoms with Crippen molar-refractivity contribution >= 4 is 27.0 Å². The molecule has 96 valence electrons. The number of benzene rings is 1. The Balaban J connectivity index is 2.69. The summed E-state index contributed by atoms with van der Waals surface area (Å²) in [5, 5.41) is 0. The van der Waals surface area contributed by atoms with Crippen molar-refractivity contribution in [3.63, 3.8) is 0 Å². The molecule has 0 saturated carbocycles. The minimum atomic E-state index is -1.40. The molecule has 0 aliphatic carbocycles. The lowest BCUT2D eigenvalue weighted by molar-refractivity contribution is 0.120. The van der Waals surface area contributed by atoms with Gasteiger partial charge in [-0.1, -0.05) is 40.5 Å². The Labute approximate surface area is 115 Å². The smallest absolute Gasteiger partial charge is 0.189 e. The Morgan fingerprint density at radius 1 is 1.35 bits per heavy atom. The molecule has 0 amide bonds. The zero-order chi connectivity index (χ0) is 13.1.